The fourth-order valence-corrected chi connectivity index (χ4v) is 1.08. The Kier molecular flexibility index (Phi) is 3.29. The zero-order chi connectivity index (χ0) is 11.5. The number of aromatic hydroxyl groups is 1. The number of aromatic nitrogens is 1. The molecule has 0 radical (unpaired) electrons. The summed E-state index contributed by atoms with van der Waals surface area (Å²) < 4.78 is 5.11. The molecule has 0 aliphatic rings. The number of carbonyl (C=O) groups excluding carboxylic acids is 1. The van der Waals surface area contributed by atoms with Crippen LogP contribution in [0.5, 0.6) is 5.75 Å². The Morgan fingerprint density at radius 2 is 2.20 bits per heavy atom. The van der Waals surface area contributed by atoms with Crippen LogP contribution < -0.4 is 0 Å². The molecule has 4 heteroatoms. The van der Waals surface area contributed by atoms with Gasteiger partial charge >= 0.3 is 5.97 Å². The molecule has 1 N–H and O–H groups in total. The first-order chi connectivity index (χ1) is 6.88. The molecule has 1 heterocycles. The Bertz CT molecular complexity index is 355. The summed E-state index contributed by atoms with van der Waals surface area (Å²) in [5.74, 6) is -0.375. The van der Waals surface area contributed by atoms with Gasteiger partial charge in [-0.1, -0.05) is 0 Å². The maximum Gasteiger partial charge on any atom is 0.312 e. The van der Waals surface area contributed by atoms with Crippen LogP contribution in [0.2, 0.25) is 0 Å². The van der Waals surface area contributed by atoms with Gasteiger partial charge in [0.25, 0.3) is 0 Å². The van der Waals surface area contributed by atoms with Crippen LogP contribution in [0.1, 0.15) is 26.5 Å². The molecule has 0 spiro atoms. The van der Waals surface area contributed by atoms with E-state index in [1.807, 2.05) is 0 Å². The van der Waals surface area contributed by atoms with Gasteiger partial charge in [-0.3, -0.25) is 9.78 Å². The van der Waals surface area contributed by atoms with E-state index in [2.05, 4.69) is 4.98 Å². The predicted molar refractivity (Wildman–Crippen MR) is 55.5 cm³/mol. The number of nitrogens with zero attached hydrogens (tertiary/aromatic N) is 1. The Hall–Kier alpha value is -1.58. The van der Waals surface area contributed by atoms with Gasteiger partial charge in [-0.05, 0) is 32.9 Å². The third-order valence-corrected chi connectivity index (χ3v) is 1.60. The lowest BCUT2D eigenvalue weighted by atomic mass is 10.2. The van der Waals surface area contributed by atoms with Gasteiger partial charge in [0.2, 0.25) is 0 Å². The number of carbonyl (C=O) groups is 1. The zero-order valence-corrected chi connectivity index (χ0v) is 9.15. The van der Waals surface area contributed by atoms with Crippen molar-refractivity contribution in [2.45, 2.75) is 32.8 Å². The van der Waals surface area contributed by atoms with Crippen LogP contribution in [0, 0.1) is 0 Å². The smallest absolute Gasteiger partial charge is 0.312 e. The average Bonchev–Trinajstić information content (AvgIpc) is 2.05. The molecule has 0 atom stereocenters. The van der Waals surface area contributed by atoms with Crippen LogP contribution in [0.25, 0.3) is 0 Å². The standard InChI is InChI=1S/C11H15NO3/c1-11(2,3)15-10(14)7-8-9(13)5-4-6-12-8/h4-6,13H,7H2,1-3H3. The zero-order valence-electron chi connectivity index (χ0n) is 9.15. The molecule has 0 fully saturated rings. The lowest BCUT2D eigenvalue weighted by Gasteiger charge is -2.19. The summed E-state index contributed by atoms with van der Waals surface area (Å²) in [5.41, 5.74) is -0.173. The second-order valence-electron chi connectivity index (χ2n) is 4.23. The van der Waals surface area contributed by atoms with Crippen LogP contribution in [-0.4, -0.2) is 21.7 Å². The minimum Gasteiger partial charge on any atom is -0.506 e. The lowest BCUT2D eigenvalue weighted by Crippen LogP contribution is -2.25. The molecule has 0 aromatic carbocycles. The molecule has 4 nitrogen and oxygen atoms in total. The van der Waals surface area contributed by atoms with Crippen molar-refractivity contribution >= 4 is 5.97 Å². The highest BCUT2D eigenvalue weighted by molar-refractivity contribution is 5.73. The topological polar surface area (TPSA) is 59.4 Å². The minimum atomic E-state index is -0.512. The third-order valence-electron chi connectivity index (χ3n) is 1.60. The van der Waals surface area contributed by atoms with Crippen molar-refractivity contribution in [3.05, 3.63) is 24.0 Å². The summed E-state index contributed by atoms with van der Waals surface area (Å²) in [4.78, 5) is 15.3. The van der Waals surface area contributed by atoms with Gasteiger partial charge in [-0.25, -0.2) is 0 Å². The summed E-state index contributed by atoms with van der Waals surface area (Å²) in [5, 5.41) is 9.39. The van der Waals surface area contributed by atoms with Crippen molar-refractivity contribution in [3.63, 3.8) is 0 Å². The fraction of sp³-hybridized carbons (Fsp3) is 0.455. The molecule has 15 heavy (non-hydrogen) atoms. The first-order valence-corrected chi connectivity index (χ1v) is 4.73. The van der Waals surface area contributed by atoms with Gasteiger partial charge < -0.3 is 9.84 Å². The number of hydrogen-bond donors (Lipinski definition) is 1. The number of esters is 1. The van der Waals surface area contributed by atoms with Gasteiger partial charge in [0.1, 0.15) is 11.4 Å². The van der Waals surface area contributed by atoms with Gasteiger partial charge in [0.15, 0.2) is 0 Å². The monoisotopic (exact) mass is 209 g/mol. The molecule has 0 unspecified atom stereocenters. The van der Waals surface area contributed by atoms with Crippen molar-refractivity contribution in [2.75, 3.05) is 0 Å². The molecule has 0 amide bonds. The summed E-state index contributed by atoms with van der Waals surface area (Å²) in [6.45, 7) is 5.38. The normalized spacial score (nSPS) is 11.1. The number of pyridine rings is 1. The molecule has 82 valence electrons. The lowest BCUT2D eigenvalue weighted by molar-refractivity contribution is -0.154. The van der Waals surface area contributed by atoms with Crippen LogP contribution in [-0.2, 0) is 16.0 Å². The van der Waals surface area contributed by atoms with E-state index in [0.29, 0.717) is 5.69 Å². The van der Waals surface area contributed by atoms with Crippen molar-refractivity contribution in [2.24, 2.45) is 0 Å². The maximum atomic E-state index is 11.4. The third kappa shape index (κ3) is 3.97. The number of hydrogen-bond acceptors (Lipinski definition) is 4. The van der Waals surface area contributed by atoms with Gasteiger partial charge in [-0.2, -0.15) is 0 Å². The van der Waals surface area contributed by atoms with E-state index in [-0.39, 0.29) is 12.2 Å². The second kappa shape index (κ2) is 4.29. The maximum absolute atomic E-state index is 11.4. The van der Waals surface area contributed by atoms with Gasteiger partial charge in [-0.15, -0.1) is 0 Å². The molecule has 0 saturated heterocycles. The van der Waals surface area contributed by atoms with E-state index in [0.717, 1.165) is 0 Å². The fourth-order valence-electron chi connectivity index (χ4n) is 1.08. The second-order valence-corrected chi connectivity index (χ2v) is 4.23. The van der Waals surface area contributed by atoms with Gasteiger partial charge in [0, 0.05) is 6.20 Å². The van der Waals surface area contributed by atoms with E-state index in [9.17, 15) is 9.90 Å². The van der Waals surface area contributed by atoms with Crippen molar-refractivity contribution in [3.8, 4) is 5.75 Å². The van der Waals surface area contributed by atoms with E-state index < -0.39 is 11.6 Å². The molecule has 0 aliphatic carbocycles. The molecule has 1 rings (SSSR count). The van der Waals surface area contributed by atoms with Crippen LogP contribution >= 0.6 is 0 Å². The number of rotatable bonds is 2. The Labute approximate surface area is 88.9 Å². The van der Waals surface area contributed by atoms with E-state index in [1.54, 1.807) is 26.8 Å². The molecule has 0 aliphatic heterocycles. The SMILES string of the molecule is CC(C)(C)OC(=O)Cc1ncccc1O. The highest BCUT2D eigenvalue weighted by atomic mass is 16.6. The molecule has 0 saturated carbocycles. The highest BCUT2D eigenvalue weighted by Crippen LogP contribution is 2.15. The largest absolute Gasteiger partial charge is 0.506 e. The molecule has 0 bridgehead atoms. The summed E-state index contributed by atoms with van der Waals surface area (Å²) in [6, 6.07) is 3.10. The Balaban J connectivity index is 2.64. The summed E-state index contributed by atoms with van der Waals surface area (Å²) in [7, 11) is 0. The molecule has 1 aromatic rings. The molecular formula is C11H15NO3. The van der Waals surface area contributed by atoms with Crippen LogP contribution in [0.4, 0.5) is 0 Å². The predicted octanol–water partition coefficient (Wildman–Crippen LogP) is 1.67. The van der Waals surface area contributed by atoms with Crippen molar-refractivity contribution in [1.29, 1.82) is 0 Å². The van der Waals surface area contributed by atoms with E-state index in [1.165, 1.54) is 12.3 Å². The molecular weight excluding hydrogens is 194 g/mol. The highest BCUT2D eigenvalue weighted by Gasteiger charge is 2.17. The number of ether oxygens (including phenoxy) is 1. The van der Waals surface area contributed by atoms with Crippen molar-refractivity contribution in [1.82, 2.24) is 4.98 Å². The first-order valence-electron chi connectivity index (χ1n) is 4.73. The average molecular weight is 209 g/mol. The van der Waals surface area contributed by atoms with Crippen LogP contribution in [0.3, 0.4) is 0 Å². The minimum absolute atomic E-state index is 0.00998. The quantitative estimate of drug-likeness (QED) is 0.753. The Morgan fingerprint density at radius 1 is 1.53 bits per heavy atom. The van der Waals surface area contributed by atoms with E-state index in [4.69, 9.17) is 4.74 Å². The Morgan fingerprint density at radius 3 is 2.73 bits per heavy atom. The van der Waals surface area contributed by atoms with Gasteiger partial charge in [0.05, 0.1) is 12.1 Å². The van der Waals surface area contributed by atoms with Crippen molar-refractivity contribution < 1.29 is 14.6 Å². The van der Waals surface area contributed by atoms with E-state index >= 15 is 0 Å². The molecule has 1 aromatic heterocycles. The van der Waals surface area contributed by atoms with Crippen LogP contribution in [0.15, 0.2) is 18.3 Å². The summed E-state index contributed by atoms with van der Waals surface area (Å²) >= 11 is 0. The first kappa shape index (κ1) is 11.5. The summed E-state index contributed by atoms with van der Waals surface area (Å²) in [6.07, 6.45) is 1.52.